The minimum atomic E-state index is -3.27. The number of nitrogens with zero attached hydrogens (tertiary/aromatic N) is 3. The standard InChI is InChI=1S/C27H33F2N3O3S/c1-36(33,34)24-2-3-27-26(17-24)30-18-32(27)23-4-9-31(10-5-23)11-6-25(19-7-12-35-13-8-19)20-14-21(28)16-22(29)15-20/h2-3,14-19,23,25H,4-13H2,1H3/t25-/m1/s1. The van der Waals surface area contributed by atoms with Gasteiger partial charge in [0.15, 0.2) is 9.84 Å². The molecule has 2 saturated heterocycles. The molecule has 2 aromatic carbocycles. The molecule has 0 saturated carbocycles. The molecule has 2 fully saturated rings. The molecule has 0 radical (unpaired) electrons. The number of rotatable bonds is 7. The smallest absolute Gasteiger partial charge is 0.175 e. The van der Waals surface area contributed by atoms with Crippen molar-refractivity contribution in [3.8, 4) is 0 Å². The molecule has 5 rings (SSSR count). The van der Waals surface area contributed by atoms with Gasteiger partial charge in [-0.15, -0.1) is 0 Å². The van der Waals surface area contributed by atoms with E-state index in [1.165, 1.54) is 18.4 Å². The lowest BCUT2D eigenvalue weighted by Crippen LogP contribution is -2.36. The second-order valence-corrected chi connectivity index (χ2v) is 12.2. The van der Waals surface area contributed by atoms with Crippen LogP contribution < -0.4 is 0 Å². The molecule has 9 heteroatoms. The lowest BCUT2D eigenvalue weighted by molar-refractivity contribution is 0.0545. The maximum absolute atomic E-state index is 14.0. The molecule has 2 aliphatic rings. The van der Waals surface area contributed by atoms with Crippen molar-refractivity contribution in [3.05, 3.63) is 59.9 Å². The van der Waals surface area contributed by atoms with Crippen LogP contribution in [0, 0.1) is 17.6 Å². The van der Waals surface area contributed by atoms with Crippen LogP contribution in [0.15, 0.2) is 47.6 Å². The topological polar surface area (TPSA) is 64.4 Å². The summed E-state index contributed by atoms with van der Waals surface area (Å²) < 4.78 is 59.5. The number of imidazole rings is 1. The molecular weight excluding hydrogens is 484 g/mol. The van der Waals surface area contributed by atoms with Gasteiger partial charge in [0.25, 0.3) is 0 Å². The van der Waals surface area contributed by atoms with E-state index in [0.717, 1.165) is 68.9 Å². The summed E-state index contributed by atoms with van der Waals surface area (Å²) in [6.45, 7) is 4.16. The minimum Gasteiger partial charge on any atom is -0.381 e. The van der Waals surface area contributed by atoms with Gasteiger partial charge in [0.1, 0.15) is 11.6 Å². The summed E-state index contributed by atoms with van der Waals surface area (Å²) in [5.41, 5.74) is 2.41. The molecule has 0 spiro atoms. The first kappa shape index (κ1) is 25.3. The van der Waals surface area contributed by atoms with Crippen LogP contribution in [0.25, 0.3) is 11.0 Å². The Bertz CT molecular complexity index is 1290. The van der Waals surface area contributed by atoms with Crippen molar-refractivity contribution in [2.45, 2.75) is 49.0 Å². The van der Waals surface area contributed by atoms with Gasteiger partial charge in [0.05, 0.1) is 22.3 Å². The maximum Gasteiger partial charge on any atom is 0.175 e. The normalized spacial score (nSPS) is 19.6. The van der Waals surface area contributed by atoms with E-state index in [4.69, 9.17) is 4.74 Å². The fraction of sp³-hybridized carbons (Fsp3) is 0.519. The Balaban J connectivity index is 1.23. The zero-order valence-corrected chi connectivity index (χ0v) is 21.4. The third-order valence-corrected chi connectivity index (χ3v) is 8.94. The molecule has 0 N–H and O–H groups in total. The Kier molecular flexibility index (Phi) is 7.42. The third kappa shape index (κ3) is 5.63. The first-order valence-corrected chi connectivity index (χ1v) is 14.6. The Morgan fingerprint density at radius 3 is 2.39 bits per heavy atom. The average Bonchev–Trinajstić information content (AvgIpc) is 3.28. The number of fused-ring (bicyclic) bond motifs is 1. The van der Waals surface area contributed by atoms with Crippen molar-refractivity contribution in [1.82, 2.24) is 14.5 Å². The first-order chi connectivity index (χ1) is 17.3. The first-order valence-electron chi connectivity index (χ1n) is 12.7. The summed E-state index contributed by atoms with van der Waals surface area (Å²) in [4.78, 5) is 7.19. The fourth-order valence-corrected chi connectivity index (χ4v) is 6.50. The molecule has 0 aliphatic carbocycles. The zero-order valence-electron chi connectivity index (χ0n) is 20.6. The predicted molar refractivity (Wildman–Crippen MR) is 135 cm³/mol. The fourth-order valence-electron chi connectivity index (χ4n) is 5.86. The molecule has 194 valence electrons. The summed E-state index contributed by atoms with van der Waals surface area (Å²) in [5.74, 6) is -0.553. The third-order valence-electron chi connectivity index (χ3n) is 7.83. The van der Waals surface area contributed by atoms with Gasteiger partial charge in [0.2, 0.25) is 0 Å². The van der Waals surface area contributed by atoms with Gasteiger partial charge in [0, 0.05) is 44.7 Å². The van der Waals surface area contributed by atoms with Gasteiger partial charge >= 0.3 is 0 Å². The lowest BCUT2D eigenvalue weighted by atomic mass is 9.79. The number of ether oxygens (including phenoxy) is 1. The highest BCUT2D eigenvalue weighted by Gasteiger charge is 2.28. The molecule has 1 aromatic heterocycles. The Labute approximate surface area is 211 Å². The van der Waals surface area contributed by atoms with Crippen molar-refractivity contribution in [2.24, 2.45) is 5.92 Å². The lowest BCUT2D eigenvalue weighted by Gasteiger charge is -2.36. The summed E-state index contributed by atoms with van der Waals surface area (Å²) >= 11 is 0. The zero-order chi connectivity index (χ0) is 25.3. The molecule has 0 unspecified atom stereocenters. The van der Waals surface area contributed by atoms with E-state index in [2.05, 4.69) is 14.5 Å². The summed E-state index contributed by atoms with van der Waals surface area (Å²) in [7, 11) is -3.27. The van der Waals surface area contributed by atoms with Crippen LogP contribution in [-0.4, -0.2) is 62.0 Å². The Morgan fingerprint density at radius 2 is 1.72 bits per heavy atom. The molecule has 3 heterocycles. The summed E-state index contributed by atoms with van der Waals surface area (Å²) in [5, 5.41) is 0. The van der Waals surface area contributed by atoms with Crippen molar-refractivity contribution in [2.75, 3.05) is 39.1 Å². The summed E-state index contributed by atoms with van der Waals surface area (Å²) in [6.07, 6.45) is 7.65. The van der Waals surface area contributed by atoms with Crippen LogP contribution in [0.5, 0.6) is 0 Å². The van der Waals surface area contributed by atoms with E-state index in [0.29, 0.717) is 30.7 Å². The van der Waals surface area contributed by atoms with E-state index in [-0.39, 0.29) is 10.8 Å². The van der Waals surface area contributed by atoms with E-state index in [1.807, 2.05) is 12.4 Å². The van der Waals surface area contributed by atoms with Crippen LogP contribution in [0.4, 0.5) is 8.78 Å². The van der Waals surface area contributed by atoms with Gasteiger partial charge in [-0.2, -0.15) is 0 Å². The second kappa shape index (κ2) is 10.6. The monoisotopic (exact) mass is 517 g/mol. The van der Waals surface area contributed by atoms with Gasteiger partial charge in [-0.25, -0.2) is 22.2 Å². The van der Waals surface area contributed by atoms with Gasteiger partial charge in [-0.3, -0.25) is 0 Å². The van der Waals surface area contributed by atoms with E-state index in [1.54, 1.807) is 12.1 Å². The highest BCUT2D eigenvalue weighted by atomic mass is 32.2. The maximum atomic E-state index is 14.0. The van der Waals surface area contributed by atoms with Crippen LogP contribution in [0.1, 0.15) is 49.6 Å². The highest BCUT2D eigenvalue weighted by Crippen LogP contribution is 2.36. The van der Waals surface area contributed by atoms with E-state index < -0.39 is 21.5 Å². The molecule has 1 atom stereocenters. The number of aromatic nitrogens is 2. The largest absolute Gasteiger partial charge is 0.381 e. The number of hydrogen-bond donors (Lipinski definition) is 0. The van der Waals surface area contributed by atoms with Crippen LogP contribution in [-0.2, 0) is 14.6 Å². The van der Waals surface area contributed by atoms with Gasteiger partial charge in [-0.1, -0.05) is 0 Å². The van der Waals surface area contributed by atoms with Gasteiger partial charge in [-0.05, 0) is 86.4 Å². The molecular formula is C27H33F2N3O3S. The molecule has 0 amide bonds. The molecule has 2 aliphatic heterocycles. The molecule has 0 bridgehead atoms. The van der Waals surface area contributed by atoms with Crippen molar-refractivity contribution in [1.29, 1.82) is 0 Å². The van der Waals surface area contributed by atoms with Crippen LogP contribution in [0.3, 0.4) is 0 Å². The van der Waals surface area contributed by atoms with E-state index in [9.17, 15) is 17.2 Å². The average molecular weight is 518 g/mol. The number of piperidine rings is 1. The van der Waals surface area contributed by atoms with E-state index >= 15 is 0 Å². The Morgan fingerprint density at radius 1 is 1.03 bits per heavy atom. The SMILES string of the molecule is CS(=O)(=O)c1ccc2c(c1)ncn2C1CCN(CC[C@@H](c2cc(F)cc(F)c2)C2CCOCC2)CC1. The van der Waals surface area contributed by atoms with Gasteiger partial charge < -0.3 is 14.2 Å². The quantitative estimate of drug-likeness (QED) is 0.444. The van der Waals surface area contributed by atoms with Crippen molar-refractivity contribution < 1.29 is 21.9 Å². The van der Waals surface area contributed by atoms with Crippen molar-refractivity contribution in [3.63, 3.8) is 0 Å². The Hall–Kier alpha value is -2.36. The van der Waals surface area contributed by atoms with Crippen LogP contribution >= 0.6 is 0 Å². The number of halogens is 2. The number of sulfone groups is 1. The van der Waals surface area contributed by atoms with Crippen molar-refractivity contribution >= 4 is 20.9 Å². The number of hydrogen-bond acceptors (Lipinski definition) is 5. The minimum absolute atomic E-state index is 0.110. The highest BCUT2D eigenvalue weighted by molar-refractivity contribution is 7.90. The molecule has 36 heavy (non-hydrogen) atoms. The van der Waals surface area contributed by atoms with Crippen LogP contribution in [0.2, 0.25) is 0 Å². The number of likely N-dealkylation sites (tertiary alicyclic amines) is 1. The second-order valence-electron chi connectivity index (χ2n) is 10.2. The molecule has 6 nitrogen and oxygen atoms in total. The molecule has 3 aromatic rings. The summed E-state index contributed by atoms with van der Waals surface area (Å²) in [6, 6.07) is 9.38. The predicted octanol–water partition coefficient (Wildman–Crippen LogP) is 4.96. The number of benzene rings is 2.